The van der Waals surface area contributed by atoms with Crippen LogP contribution in [0, 0.1) is 6.92 Å². The number of nitrogens with zero attached hydrogens (tertiary/aromatic N) is 4. The van der Waals surface area contributed by atoms with Crippen LogP contribution in [-0.2, 0) is 6.54 Å². The molecule has 0 saturated carbocycles. The van der Waals surface area contributed by atoms with E-state index in [4.69, 9.17) is 11.6 Å². The smallest absolute Gasteiger partial charge is 0.257 e. The minimum atomic E-state index is -0.724. The number of aliphatic hydroxyl groups excluding tert-OH is 1. The molecule has 0 saturated heterocycles. The van der Waals surface area contributed by atoms with Gasteiger partial charge in [0, 0.05) is 16.1 Å². The van der Waals surface area contributed by atoms with E-state index in [2.05, 4.69) is 20.4 Å². The number of hydrogen-bond acceptors (Lipinski definition) is 5. The Balaban J connectivity index is 1.49. The molecule has 1 unspecified atom stereocenters. The van der Waals surface area contributed by atoms with E-state index in [1.54, 1.807) is 60.4 Å². The van der Waals surface area contributed by atoms with E-state index in [0.29, 0.717) is 28.5 Å². The van der Waals surface area contributed by atoms with Gasteiger partial charge in [-0.1, -0.05) is 23.7 Å². The summed E-state index contributed by atoms with van der Waals surface area (Å²) in [5.41, 5.74) is 3.25. The summed E-state index contributed by atoms with van der Waals surface area (Å²) < 4.78 is 1.56. The minimum absolute atomic E-state index is 0.257. The lowest BCUT2D eigenvalue weighted by Gasteiger charge is -2.12. The number of anilines is 1. The Labute approximate surface area is 172 Å². The Morgan fingerprint density at radius 1 is 1.21 bits per heavy atom. The molecule has 0 aliphatic carbocycles. The van der Waals surface area contributed by atoms with Gasteiger partial charge in [-0.15, -0.1) is 0 Å². The Hall–Kier alpha value is -3.29. The van der Waals surface area contributed by atoms with Crippen LogP contribution in [-0.4, -0.2) is 30.8 Å². The molecule has 2 aromatic heterocycles. The molecular weight excluding hydrogens is 390 g/mol. The molecule has 0 spiro atoms. The van der Waals surface area contributed by atoms with Gasteiger partial charge >= 0.3 is 0 Å². The van der Waals surface area contributed by atoms with Gasteiger partial charge in [-0.05, 0) is 48.9 Å². The fourth-order valence-electron chi connectivity index (χ4n) is 3.07. The fraction of sp³-hybridized carbons (Fsp3) is 0.143. The van der Waals surface area contributed by atoms with Crippen LogP contribution < -0.4 is 5.32 Å². The predicted octanol–water partition coefficient (Wildman–Crippen LogP) is 3.77. The van der Waals surface area contributed by atoms with Crippen molar-refractivity contribution >= 4 is 34.1 Å². The number of halogens is 1. The van der Waals surface area contributed by atoms with E-state index in [1.807, 2.05) is 6.07 Å². The molecule has 0 radical (unpaired) electrons. The standard InChI is InChI=1S/C21H18ClN5O2/c1-13-18(9-15-8-16(22)4-7-19(15)25-13)21(29)26-17-5-2-14(3-6-17)20(28)10-27-12-23-11-24-27/h2-9,11-12,20,28H,10H2,1H3,(H,26,29). The van der Waals surface area contributed by atoms with Gasteiger partial charge in [0.1, 0.15) is 12.7 Å². The Bertz CT molecular complexity index is 1160. The maximum atomic E-state index is 12.7. The van der Waals surface area contributed by atoms with Crippen molar-refractivity contribution in [1.29, 1.82) is 0 Å². The largest absolute Gasteiger partial charge is 0.386 e. The Morgan fingerprint density at radius 3 is 2.72 bits per heavy atom. The average Bonchev–Trinajstić information content (AvgIpc) is 3.21. The zero-order valence-electron chi connectivity index (χ0n) is 15.6. The van der Waals surface area contributed by atoms with Crippen LogP contribution in [0.3, 0.4) is 0 Å². The summed E-state index contributed by atoms with van der Waals surface area (Å²) in [6.45, 7) is 2.10. The number of pyridine rings is 1. The lowest BCUT2D eigenvalue weighted by Crippen LogP contribution is -2.14. The predicted molar refractivity (Wildman–Crippen MR) is 111 cm³/mol. The SMILES string of the molecule is Cc1nc2ccc(Cl)cc2cc1C(=O)Nc1ccc(C(O)Cn2cncn2)cc1. The Morgan fingerprint density at radius 2 is 2.00 bits per heavy atom. The number of rotatable bonds is 5. The van der Waals surface area contributed by atoms with E-state index in [0.717, 1.165) is 16.5 Å². The number of hydrogen-bond donors (Lipinski definition) is 2. The van der Waals surface area contributed by atoms with Crippen LogP contribution in [0.2, 0.25) is 5.02 Å². The Kier molecular flexibility index (Phi) is 5.24. The lowest BCUT2D eigenvalue weighted by molar-refractivity contribution is 0.102. The highest BCUT2D eigenvalue weighted by atomic mass is 35.5. The van der Waals surface area contributed by atoms with Crippen molar-refractivity contribution in [3.63, 3.8) is 0 Å². The summed E-state index contributed by atoms with van der Waals surface area (Å²) in [5.74, 6) is -0.257. The number of fused-ring (bicyclic) bond motifs is 1. The summed E-state index contributed by atoms with van der Waals surface area (Å²) in [6, 6.07) is 14.2. The van der Waals surface area contributed by atoms with Crippen LogP contribution in [0.4, 0.5) is 5.69 Å². The number of aryl methyl sites for hydroxylation is 1. The molecule has 4 aromatic rings. The third kappa shape index (κ3) is 4.26. The van der Waals surface area contributed by atoms with E-state index < -0.39 is 6.10 Å². The molecule has 0 aliphatic rings. The summed E-state index contributed by atoms with van der Waals surface area (Å²) in [6.07, 6.45) is 2.24. The van der Waals surface area contributed by atoms with Crippen LogP contribution >= 0.6 is 11.6 Å². The van der Waals surface area contributed by atoms with Gasteiger partial charge < -0.3 is 10.4 Å². The molecule has 1 atom stereocenters. The number of carbonyl (C=O) groups is 1. The van der Waals surface area contributed by atoms with Gasteiger partial charge in [-0.25, -0.2) is 4.98 Å². The highest BCUT2D eigenvalue weighted by molar-refractivity contribution is 6.31. The van der Waals surface area contributed by atoms with Gasteiger partial charge in [-0.2, -0.15) is 5.10 Å². The molecule has 2 heterocycles. The molecule has 146 valence electrons. The highest BCUT2D eigenvalue weighted by Gasteiger charge is 2.13. The van der Waals surface area contributed by atoms with E-state index in [1.165, 1.54) is 6.33 Å². The van der Waals surface area contributed by atoms with E-state index in [9.17, 15) is 9.90 Å². The van der Waals surface area contributed by atoms with Gasteiger partial charge in [0.05, 0.1) is 29.4 Å². The van der Waals surface area contributed by atoms with Crippen molar-refractivity contribution < 1.29 is 9.90 Å². The minimum Gasteiger partial charge on any atom is -0.386 e. The van der Waals surface area contributed by atoms with Crippen molar-refractivity contribution in [3.05, 3.63) is 83.0 Å². The molecule has 7 nitrogen and oxygen atoms in total. The van der Waals surface area contributed by atoms with Crippen molar-refractivity contribution in [1.82, 2.24) is 19.7 Å². The topological polar surface area (TPSA) is 92.9 Å². The second-order valence-corrected chi connectivity index (χ2v) is 7.10. The van der Waals surface area contributed by atoms with Crippen molar-refractivity contribution in [2.45, 2.75) is 19.6 Å². The molecule has 0 bridgehead atoms. The molecule has 2 N–H and O–H groups in total. The molecule has 4 rings (SSSR count). The number of amides is 1. The maximum absolute atomic E-state index is 12.7. The van der Waals surface area contributed by atoms with Crippen molar-refractivity contribution in [3.8, 4) is 0 Å². The molecule has 0 fully saturated rings. The van der Waals surface area contributed by atoms with Gasteiger partial charge in [0.25, 0.3) is 5.91 Å². The molecule has 0 aliphatic heterocycles. The zero-order chi connectivity index (χ0) is 20.4. The summed E-state index contributed by atoms with van der Waals surface area (Å²) >= 11 is 6.05. The number of aromatic nitrogens is 4. The molecule has 1 amide bonds. The fourth-order valence-corrected chi connectivity index (χ4v) is 3.25. The first-order valence-corrected chi connectivity index (χ1v) is 9.36. The summed E-state index contributed by atoms with van der Waals surface area (Å²) in [5, 5.41) is 18.6. The van der Waals surface area contributed by atoms with Gasteiger partial charge in [0.2, 0.25) is 0 Å². The zero-order valence-corrected chi connectivity index (χ0v) is 16.3. The number of nitrogens with one attached hydrogen (secondary N) is 1. The molecule has 2 aromatic carbocycles. The normalized spacial score (nSPS) is 12.1. The monoisotopic (exact) mass is 407 g/mol. The van der Waals surface area contributed by atoms with Crippen molar-refractivity contribution in [2.75, 3.05) is 5.32 Å². The van der Waals surface area contributed by atoms with Crippen LogP contribution in [0.1, 0.15) is 27.7 Å². The van der Waals surface area contributed by atoms with Crippen molar-refractivity contribution in [2.24, 2.45) is 0 Å². The van der Waals surface area contributed by atoms with Gasteiger partial charge in [-0.3, -0.25) is 14.5 Å². The van der Waals surface area contributed by atoms with E-state index >= 15 is 0 Å². The quantitative estimate of drug-likeness (QED) is 0.525. The number of benzene rings is 2. The molecular formula is C21H18ClN5O2. The highest BCUT2D eigenvalue weighted by Crippen LogP contribution is 2.22. The first kappa shape index (κ1) is 19.0. The average molecular weight is 408 g/mol. The number of aliphatic hydroxyl groups is 1. The molecule has 8 heteroatoms. The maximum Gasteiger partial charge on any atom is 0.257 e. The van der Waals surface area contributed by atoms with Crippen LogP contribution in [0.15, 0.2) is 61.2 Å². The second-order valence-electron chi connectivity index (χ2n) is 6.67. The summed E-state index contributed by atoms with van der Waals surface area (Å²) in [7, 11) is 0. The first-order valence-electron chi connectivity index (χ1n) is 8.98. The second kappa shape index (κ2) is 7.98. The lowest BCUT2D eigenvalue weighted by atomic mass is 10.1. The third-order valence-electron chi connectivity index (χ3n) is 4.59. The van der Waals surface area contributed by atoms with Gasteiger partial charge in [0.15, 0.2) is 0 Å². The van der Waals surface area contributed by atoms with E-state index in [-0.39, 0.29) is 5.91 Å². The van der Waals surface area contributed by atoms with Crippen LogP contribution in [0.25, 0.3) is 10.9 Å². The third-order valence-corrected chi connectivity index (χ3v) is 4.83. The molecule has 29 heavy (non-hydrogen) atoms. The van der Waals surface area contributed by atoms with Crippen LogP contribution in [0.5, 0.6) is 0 Å². The summed E-state index contributed by atoms with van der Waals surface area (Å²) in [4.78, 5) is 21.1. The first-order chi connectivity index (χ1) is 14.0. The number of carbonyl (C=O) groups excluding carboxylic acids is 1.